The largest absolute Gasteiger partial charge is 0.506 e. The Balaban J connectivity index is 1.63. The van der Waals surface area contributed by atoms with Crippen LogP contribution < -0.4 is 20.9 Å². The van der Waals surface area contributed by atoms with Gasteiger partial charge in [0.25, 0.3) is 0 Å². The van der Waals surface area contributed by atoms with Gasteiger partial charge in [0, 0.05) is 28.5 Å². The van der Waals surface area contributed by atoms with Crippen molar-refractivity contribution in [3.8, 4) is 46.3 Å². The van der Waals surface area contributed by atoms with E-state index in [-0.39, 0.29) is 22.9 Å². The summed E-state index contributed by atoms with van der Waals surface area (Å²) in [5.41, 5.74) is 13.7. The number of ether oxygens (including phenoxy) is 2. The molecule has 6 heteroatoms. The molecule has 0 aliphatic heterocycles. The molecule has 0 unspecified atom stereocenters. The van der Waals surface area contributed by atoms with Gasteiger partial charge in [0.2, 0.25) is 0 Å². The summed E-state index contributed by atoms with van der Waals surface area (Å²) in [6.45, 7) is 0. The summed E-state index contributed by atoms with van der Waals surface area (Å²) in [6.07, 6.45) is 0. The van der Waals surface area contributed by atoms with E-state index in [1.165, 1.54) is 12.1 Å². The van der Waals surface area contributed by atoms with E-state index < -0.39 is 0 Å². The number of fused-ring (bicyclic) bond motifs is 1. The Hall–Kier alpha value is -5.28. The molecule has 0 saturated carbocycles. The van der Waals surface area contributed by atoms with Crippen molar-refractivity contribution in [2.45, 2.75) is 0 Å². The quantitative estimate of drug-likeness (QED) is 0.136. The highest BCUT2D eigenvalue weighted by Gasteiger charge is 2.14. The predicted molar refractivity (Wildman–Crippen MR) is 142 cm³/mol. The van der Waals surface area contributed by atoms with Crippen molar-refractivity contribution >= 4 is 22.1 Å². The number of hydrogen-bond acceptors (Lipinski definition) is 6. The van der Waals surface area contributed by atoms with Crippen molar-refractivity contribution in [2.24, 2.45) is 0 Å². The highest BCUT2D eigenvalue weighted by molar-refractivity contribution is 5.95. The zero-order valence-electron chi connectivity index (χ0n) is 19.1. The number of nitrogens with two attached hydrogens (primary N) is 2. The molecule has 176 valence electrons. The second-order valence-corrected chi connectivity index (χ2v) is 8.05. The van der Waals surface area contributed by atoms with Crippen LogP contribution in [0.2, 0.25) is 0 Å². The Morgan fingerprint density at radius 2 is 1.25 bits per heavy atom. The number of rotatable bonds is 4. The number of phenols is 2. The van der Waals surface area contributed by atoms with Crippen LogP contribution in [0.1, 0.15) is 11.1 Å². The molecule has 36 heavy (non-hydrogen) atoms. The number of aromatic hydroxyl groups is 2. The molecule has 0 fully saturated rings. The molecule has 0 aliphatic rings. The van der Waals surface area contributed by atoms with Gasteiger partial charge in [0.15, 0.2) is 5.75 Å². The van der Waals surface area contributed by atoms with Crippen LogP contribution >= 0.6 is 0 Å². The van der Waals surface area contributed by atoms with Crippen molar-refractivity contribution in [1.82, 2.24) is 0 Å². The average molecular weight is 475 g/mol. The Kier molecular flexibility index (Phi) is 5.96. The molecule has 0 aromatic heterocycles. The fourth-order valence-electron chi connectivity index (χ4n) is 3.70. The van der Waals surface area contributed by atoms with Crippen LogP contribution in [0.3, 0.4) is 0 Å². The lowest BCUT2D eigenvalue weighted by Crippen LogP contribution is -1.94. The second kappa shape index (κ2) is 9.53. The van der Waals surface area contributed by atoms with E-state index in [4.69, 9.17) is 20.9 Å². The van der Waals surface area contributed by atoms with Gasteiger partial charge in [-0.3, -0.25) is 0 Å². The third-order valence-electron chi connectivity index (χ3n) is 5.53. The number of benzene rings is 5. The molecular formula is C30H22N2O4. The first-order chi connectivity index (χ1) is 17.5. The van der Waals surface area contributed by atoms with Gasteiger partial charge < -0.3 is 31.2 Å². The van der Waals surface area contributed by atoms with Gasteiger partial charge >= 0.3 is 0 Å². The van der Waals surface area contributed by atoms with E-state index in [9.17, 15) is 10.2 Å². The van der Waals surface area contributed by atoms with E-state index in [2.05, 4.69) is 11.8 Å². The van der Waals surface area contributed by atoms with Crippen LogP contribution in [0.4, 0.5) is 11.4 Å². The Morgan fingerprint density at radius 1 is 0.583 bits per heavy atom. The van der Waals surface area contributed by atoms with Crippen LogP contribution in [0, 0.1) is 11.8 Å². The molecule has 5 rings (SSSR count). The second-order valence-electron chi connectivity index (χ2n) is 8.05. The first kappa shape index (κ1) is 22.5. The summed E-state index contributed by atoms with van der Waals surface area (Å²) in [7, 11) is 0. The fourth-order valence-corrected chi connectivity index (χ4v) is 3.70. The summed E-state index contributed by atoms with van der Waals surface area (Å²) in [5.74, 6) is 8.40. The molecule has 0 amide bonds. The molecule has 0 saturated heterocycles. The van der Waals surface area contributed by atoms with Gasteiger partial charge in [0.1, 0.15) is 28.7 Å². The molecule has 0 heterocycles. The molecule has 0 spiro atoms. The number of nitrogen functional groups attached to an aromatic ring is 2. The molecule has 6 nitrogen and oxygen atoms in total. The maximum absolute atomic E-state index is 9.82. The molecule has 0 aliphatic carbocycles. The summed E-state index contributed by atoms with van der Waals surface area (Å²) in [4.78, 5) is 0. The highest BCUT2D eigenvalue weighted by Crippen LogP contribution is 2.40. The zero-order valence-corrected chi connectivity index (χ0v) is 19.1. The van der Waals surface area contributed by atoms with Crippen molar-refractivity contribution < 1.29 is 19.7 Å². The third kappa shape index (κ3) is 4.67. The molecule has 5 aromatic carbocycles. The molecule has 0 radical (unpaired) electrons. The van der Waals surface area contributed by atoms with Gasteiger partial charge in [0.05, 0.1) is 16.9 Å². The van der Waals surface area contributed by atoms with Gasteiger partial charge in [-0.25, -0.2) is 0 Å². The lowest BCUT2D eigenvalue weighted by atomic mass is 10.0. The standard InChI is InChI=1S/C30H22N2O4/c31-25-17-21(12-15-27(25)33)35-29-8-4-7-24-23(29)14-11-20(10-9-19-5-2-1-3-6-19)30(24)36-22-13-16-28(34)26(32)18-22/h1-8,11-18,33-34H,31-32H2. The average Bonchev–Trinajstić information content (AvgIpc) is 2.89. The Bertz CT molecular complexity index is 1640. The van der Waals surface area contributed by atoms with E-state index in [0.717, 1.165) is 16.3 Å². The minimum Gasteiger partial charge on any atom is -0.506 e. The van der Waals surface area contributed by atoms with Gasteiger partial charge in [-0.1, -0.05) is 42.2 Å². The summed E-state index contributed by atoms with van der Waals surface area (Å²) < 4.78 is 12.4. The van der Waals surface area contributed by atoms with E-state index >= 15 is 0 Å². The van der Waals surface area contributed by atoms with Crippen LogP contribution in [0.15, 0.2) is 97.1 Å². The topological polar surface area (TPSA) is 111 Å². The maximum Gasteiger partial charge on any atom is 0.151 e. The first-order valence-electron chi connectivity index (χ1n) is 11.1. The summed E-state index contributed by atoms with van der Waals surface area (Å²) in [6, 6.07) is 28.4. The molecule has 0 atom stereocenters. The van der Waals surface area contributed by atoms with Crippen molar-refractivity contribution in [3.05, 3.63) is 108 Å². The molecule has 0 bridgehead atoms. The number of phenolic OH excluding ortho intramolecular Hbond substituents is 2. The Morgan fingerprint density at radius 3 is 1.92 bits per heavy atom. The molecule has 5 aromatic rings. The minimum atomic E-state index is -0.0202. The normalized spacial score (nSPS) is 10.4. The van der Waals surface area contributed by atoms with Crippen LogP contribution in [-0.2, 0) is 0 Å². The van der Waals surface area contributed by atoms with Gasteiger partial charge in [-0.15, -0.1) is 0 Å². The van der Waals surface area contributed by atoms with E-state index in [0.29, 0.717) is 28.6 Å². The monoisotopic (exact) mass is 474 g/mol. The predicted octanol–water partition coefficient (Wildman–Crippen LogP) is 6.40. The third-order valence-corrected chi connectivity index (χ3v) is 5.53. The number of anilines is 2. The van der Waals surface area contributed by atoms with Crippen LogP contribution in [0.5, 0.6) is 34.5 Å². The van der Waals surface area contributed by atoms with Crippen molar-refractivity contribution in [2.75, 3.05) is 11.5 Å². The smallest absolute Gasteiger partial charge is 0.151 e. The number of hydrogen-bond donors (Lipinski definition) is 4. The lowest BCUT2D eigenvalue weighted by molar-refractivity contribution is 0.467. The SMILES string of the molecule is Nc1cc(Oc2cccc3c(Oc4ccc(O)c(N)c4)c(C#Cc4ccccc4)ccc23)ccc1O. The van der Waals surface area contributed by atoms with Gasteiger partial charge in [-0.05, 0) is 54.6 Å². The summed E-state index contributed by atoms with van der Waals surface area (Å²) in [5, 5.41) is 21.1. The van der Waals surface area contributed by atoms with Crippen molar-refractivity contribution in [3.63, 3.8) is 0 Å². The van der Waals surface area contributed by atoms with E-state index in [1.807, 2.05) is 60.7 Å². The van der Waals surface area contributed by atoms with E-state index in [1.54, 1.807) is 24.3 Å². The first-order valence-corrected chi connectivity index (χ1v) is 11.1. The molecule has 6 N–H and O–H groups in total. The lowest BCUT2D eigenvalue weighted by Gasteiger charge is -2.15. The van der Waals surface area contributed by atoms with Gasteiger partial charge in [-0.2, -0.15) is 0 Å². The maximum atomic E-state index is 9.82. The zero-order chi connectivity index (χ0) is 25.1. The highest BCUT2D eigenvalue weighted by atomic mass is 16.5. The fraction of sp³-hybridized carbons (Fsp3) is 0. The molecular weight excluding hydrogens is 452 g/mol. The Labute approximate surface area is 208 Å². The van der Waals surface area contributed by atoms with Crippen LogP contribution in [0.25, 0.3) is 10.8 Å². The summed E-state index contributed by atoms with van der Waals surface area (Å²) >= 11 is 0. The minimum absolute atomic E-state index is 0.00856. The van der Waals surface area contributed by atoms with Crippen molar-refractivity contribution in [1.29, 1.82) is 0 Å². The van der Waals surface area contributed by atoms with Crippen LogP contribution in [-0.4, -0.2) is 10.2 Å².